The molecule has 0 radical (unpaired) electrons. The van der Waals surface area contributed by atoms with E-state index in [1.807, 2.05) is 7.05 Å². The standard InChI is InChI=1S/C17H25NO/c1-13(19)12-17(18-2)16-10-8-15(9-11-16)14-6-4-3-5-7-14/h8-11,14,17-18H,3-7,12H2,1-2H3. The van der Waals surface area contributed by atoms with E-state index in [1.54, 1.807) is 6.92 Å². The number of carbonyl (C=O) groups excluding carboxylic acids is 1. The fourth-order valence-electron chi connectivity index (χ4n) is 3.11. The molecule has 0 aromatic heterocycles. The van der Waals surface area contributed by atoms with E-state index in [0.29, 0.717) is 6.42 Å². The molecule has 0 bridgehead atoms. The zero-order chi connectivity index (χ0) is 13.7. The van der Waals surface area contributed by atoms with Crippen LogP contribution < -0.4 is 5.32 Å². The van der Waals surface area contributed by atoms with Crippen LogP contribution in [0, 0.1) is 0 Å². The number of carbonyl (C=O) groups is 1. The highest BCUT2D eigenvalue weighted by Crippen LogP contribution is 2.33. The van der Waals surface area contributed by atoms with Gasteiger partial charge in [0.2, 0.25) is 0 Å². The van der Waals surface area contributed by atoms with E-state index in [1.165, 1.54) is 43.2 Å². The van der Waals surface area contributed by atoms with E-state index in [-0.39, 0.29) is 11.8 Å². The Morgan fingerprint density at radius 1 is 1.21 bits per heavy atom. The summed E-state index contributed by atoms with van der Waals surface area (Å²) in [5.41, 5.74) is 2.69. The van der Waals surface area contributed by atoms with Crippen LogP contribution in [-0.4, -0.2) is 12.8 Å². The minimum Gasteiger partial charge on any atom is -0.313 e. The molecule has 0 aliphatic heterocycles. The van der Waals surface area contributed by atoms with Gasteiger partial charge in [-0.3, -0.25) is 4.79 Å². The highest BCUT2D eigenvalue weighted by atomic mass is 16.1. The topological polar surface area (TPSA) is 29.1 Å². The molecule has 1 fully saturated rings. The first-order valence-electron chi connectivity index (χ1n) is 7.47. The van der Waals surface area contributed by atoms with Gasteiger partial charge in [-0.15, -0.1) is 0 Å². The first-order chi connectivity index (χ1) is 9.20. The number of hydrogen-bond donors (Lipinski definition) is 1. The zero-order valence-electron chi connectivity index (χ0n) is 12.1. The summed E-state index contributed by atoms with van der Waals surface area (Å²) in [6, 6.07) is 9.05. The average Bonchev–Trinajstić information content (AvgIpc) is 2.46. The van der Waals surface area contributed by atoms with E-state index < -0.39 is 0 Å². The lowest BCUT2D eigenvalue weighted by molar-refractivity contribution is -0.117. The monoisotopic (exact) mass is 259 g/mol. The van der Waals surface area contributed by atoms with E-state index in [2.05, 4.69) is 29.6 Å². The normalized spacial score (nSPS) is 18.2. The molecule has 1 unspecified atom stereocenters. The molecule has 1 aromatic rings. The van der Waals surface area contributed by atoms with Gasteiger partial charge in [-0.1, -0.05) is 43.5 Å². The second-order valence-corrected chi connectivity index (χ2v) is 5.75. The smallest absolute Gasteiger partial charge is 0.131 e. The maximum Gasteiger partial charge on any atom is 0.131 e. The second kappa shape index (κ2) is 6.85. The number of benzene rings is 1. The molecule has 1 aromatic carbocycles. The summed E-state index contributed by atoms with van der Waals surface area (Å²) in [7, 11) is 1.92. The van der Waals surface area contributed by atoms with E-state index in [4.69, 9.17) is 0 Å². The summed E-state index contributed by atoms with van der Waals surface area (Å²) in [6.07, 6.45) is 7.38. The fraction of sp³-hybridized carbons (Fsp3) is 0.588. The molecule has 0 saturated heterocycles. The van der Waals surface area contributed by atoms with E-state index in [0.717, 1.165) is 5.92 Å². The second-order valence-electron chi connectivity index (χ2n) is 5.75. The molecule has 1 N–H and O–H groups in total. The summed E-state index contributed by atoms with van der Waals surface area (Å²) in [5, 5.41) is 3.23. The Balaban J connectivity index is 2.05. The summed E-state index contributed by atoms with van der Waals surface area (Å²) in [4.78, 5) is 11.3. The third-order valence-corrected chi connectivity index (χ3v) is 4.26. The summed E-state index contributed by atoms with van der Waals surface area (Å²) < 4.78 is 0. The van der Waals surface area contributed by atoms with Gasteiger partial charge in [0.1, 0.15) is 5.78 Å². The molecule has 104 valence electrons. The summed E-state index contributed by atoms with van der Waals surface area (Å²) >= 11 is 0. The summed E-state index contributed by atoms with van der Waals surface area (Å²) in [6.45, 7) is 1.65. The predicted molar refractivity (Wildman–Crippen MR) is 79.4 cm³/mol. The van der Waals surface area contributed by atoms with Gasteiger partial charge in [0.25, 0.3) is 0 Å². The lowest BCUT2D eigenvalue weighted by Gasteiger charge is -2.23. The maximum absolute atomic E-state index is 11.3. The Morgan fingerprint density at radius 2 is 1.84 bits per heavy atom. The van der Waals surface area contributed by atoms with Crippen LogP contribution >= 0.6 is 0 Å². The molecule has 0 amide bonds. The third-order valence-electron chi connectivity index (χ3n) is 4.26. The Hall–Kier alpha value is -1.15. The van der Waals surface area contributed by atoms with Gasteiger partial charge in [-0.05, 0) is 43.9 Å². The molecule has 0 spiro atoms. The lowest BCUT2D eigenvalue weighted by Crippen LogP contribution is -2.19. The van der Waals surface area contributed by atoms with Crippen molar-refractivity contribution in [3.63, 3.8) is 0 Å². The van der Waals surface area contributed by atoms with Crippen LogP contribution in [0.5, 0.6) is 0 Å². The van der Waals surface area contributed by atoms with Crippen molar-refractivity contribution in [3.8, 4) is 0 Å². The minimum atomic E-state index is 0.151. The average molecular weight is 259 g/mol. The van der Waals surface area contributed by atoms with Crippen molar-refractivity contribution in [2.45, 2.75) is 57.4 Å². The molecule has 19 heavy (non-hydrogen) atoms. The number of Topliss-reactive ketones (excluding diaryl/α,β-unsaturated/α-hetero) is 1. The number of nitrogens with one attached hydrogen (secondary N) is 1. The van der Waals surface area contributed by atoms with Crippen molar-refractivity contribution in [1.82, 2.24) is 5.32 Å². The molecule has 2 rings (SSSR count). The third kappa shape index (κ3) is 3.90. The van der Waals surface area contributed by atoms with Crippen molar-refractivity contribution >= 4 is 5.78 Å². The van der Waals surface area contributed by atoms with Crippen molar-refractivity contribution in [3.05, 3.63) is 35.4 Å². The van der Waals surface area contributed by atoms with Crippen LogP contribution in [0.15, 0.2) is 24.3 Å². The first-order valence-corrected chi connectivity index (χ1v) is 7.47. The highest BCUT2D eigenvalue weighted by Gasteiger charge is 2.16. The number of rotatable bonds is 5. The van der Waals surface area contributed by atoms with Crippen molar-refractivity contribution in [2.24, 2.45) is 0 Å². The predicted octanol–water partition coefficient (Wildman–Crippen LogP) is 3.97. The van der Waals surface area contributed by atoms with E-state index >= 15 is 0 Å². The zero-order valence-corrected chi connectivity index (χ0v) is 12.1. The number of hydrogen-bond acceptors (Lipinski definition) is 2. The van der Waals surface area contributed by atoms with Crippen LogP contribution in [0.4, 0.5) is 0 Å². The van der Waals surface area contributed by atoms with Gasteiger partial charge >= 0.3 is 0 Å². The molecule has 0 heterocycles. The largest absolute Gasteiger partial charge is 0.313 e. The Kier molecular flexibility index (Phi) is 5.15. The minimum absolute atomic E-state index is 0.151. The number of ketones is 1. The molecule has 1 saturated carbocycles. The maximum atomic E-state index is 11.3. The van der Waals surface area contributed by atoms with Crippen LogP contribution in [0.1, 0.15) is 68.5 Å². The van der Waals surface area contributed by atoms with Gasteiger partial charge in [0.05, 0.1) is 0 Å². The van der Waals surface area contributed by atoms with Crippen LogP contribution in [0.3, 0.4) is 0 Å². The van der Waals surface area contributed by atoms with Gasteiger partial charge in [0.15, 0.2) is 0 Å². The Bertz CT molecular complexity index is 404. The van der Waals surface area contributed by atoms with Crippen LogP contribution in [0.2, 0.25) is 0 Å². The lowest BCUT2D eigenvalue weighted by atomic mass is 9.83. The van der Waals surface area contributed by atoms with Gasteiger partial charge in [-0.25, -0.2) is 0 Å². The Labute approximate surface area is 116 Å². The first kappa shape index (κ1) is 14.3. The molecule has 2 nitrogen and oxygen atoms in total. The molecular formula is C17H25NO. The molecular weight excluding hydrogens is 234 g/mol. The van der Waals surface area contributed by atoms with Crippen LogP contribution in [-0.2, 0) is 4.79 Å². The highest BCUT2D eigenvalue weighted by molar-refractivity contribution is 5.76. The Morgan fingerprint density at radius 3 is 2.37 bits per heavy atom. The van der Waals surface area contributed by atoms with Crippen molar-refractivity contribution in [2.75, 3.05) is 7.05 Å². The van der Waals surface area contributed by atoms with Gasteiger partial charge in [-0.2, -0.15) is 0 Å². The van der Waals surface area contributed by atoms with Crippen molar-refractivity contribution < 1.29 is 4.79 Å². The summed E-state index contributed by atoms with van der Waals surface area (Å²) in [5.74, 6) is 0.986. The van der Waals surface area contributed by atoms with E-state index in [9.17, 15) is 4.79 Å². The fourth-order valence-corrected chi connectivity index (χ4v) is 3.11. The molecule has 1 aliphatic rings. The van der Waals surface area contributed by atoms with Crippen LogP contribution in [0.25, 0.3) is 0 Å². The van der Waals surface area contributed by atoms with Gasteiger partial charge < -0.3 is 5.32 Å². The SMILES string of the molecule is CNC(CC(C)=O)c1ccc(C2CCCCC2)cc1. The quantitative estimate of drug-likeness (QED) is 0.866. The molecule has 1 aliphatic carbocycles. The molecule has 2 heteroatoms. The van der Waals surface area contributed by atoms with Gasteiger partial charge in [0, 0.05) is 12.5 Å². The van der Waals surface area contributed by atoms with Crippen molar-refractivity contribution in [1.29, 1.82) is 0 Å². The molecule has 1 atom stereocenters.